The topological polar surface area (TPSA) is 64.4 Å². The number of halogens is 2. The van der Waals surface area contributed by atoms with Crippen LogP contribution in [0.5, 0.6) is 5.75 Å². The Morgan fingerprint density at radius 2 is 1.76 bits per heavy atom. The fourth-order valence-corrected chi connectivity index (χ4v) is 4.13. The third-order valence-electron chi connectivity index (χ3n) is 5.57. The summed E-state index contributed by atoms with van der Waals surface area (Å²) in [5, 5.41) is 15.6. The van der Waals surface area contributed by atoms with Gasteiger partial charge in [-0.2, -0.15) is 5.10 Å². The molecule has 7 heteroatoms. The number of hydrogen-bond acceptors (Lipinski definition) is 3. The van der Waals surface area contributed by atoms with Crippen LogP contribution in [0.2, 0.25) is 10.0 Å². The molecular weight excluding hydrogens is 459 g/mol. The zero-order valence-electron chi connectivity index (χ0n) is 18.1. The number of hydrogen-bond donors (Lipinski definition) is 1. The number of carbonyl (C=O) groups is 1. The van der Waals surface area contributed by atoms with E-state index in [4.69, 9.17) is 33.0 Å². The van der Waals surface area contributed by atoms with Crippen molar-refractivity contribution in [3.63, 3.8) is 0 Å². The van der Waals surface area contributed by atoms with Crippen LogP contribution in [-0.4, -0.2) is 28.0 Å². The van der Waals surface area contributed by atoms with Gasteiger partial charge in [0.1, 0.15) is 5.75 Å². The van der Waals surface area contributed by atoms with Gasteiger partial charge in [-0.1, -0.05) is 53.5 Å². The SMILES string of the molecule is COc1ccc(-n2nc(CC(C(=O)O)c3ccccc3C)cc2-c2ccc(Cl)c(Cl)c2)cc1. The van der Waals surface area contributed by atoms with E-state index in [0.717, 1.165) is 33.8 Å². The number of aromatic nitrogens is 2. The van der Waals surface area contributed by atoms with Crippen LogP contribution >= 0.6 is 23.2 Å². The van der Waals surface area contributed by atoms with Crippen LogP contribution in [-0.2, 0) is 11.2 Å². The van der Waals surface area contributed by atoms with Crippen LogP contribution < -0.4 is 4.74 Å². The Labute approximate surface area is 202 Å². The lowest BCUT2D eigenvalue weighted by Crippen LogP contribution is -2.16. The average Bonchev–Trinajstić information content (AvgIpc) is 3.24. The van der Waals surface area contributed by atoms with Crippen molar-refractivity contribution in [2.24, 2.45) is 0 Å². The maximum Gasteiger partial charge on any atom is 0.311 e. The van der Waals surface area contributed by atoms with E-state index in [-0.39, 0.29) is 6.42 Å². The van der Waals surface area contributed by atoms with Crippen molar-refractivity contribution >= 4 is 29.2 Å². The molecule has 0 radical (unpaired) electrons. The molecule has 1 N–H and O–H groups in total. The van der Waals surface area contributed by atoms with E-state index in [2.05, 4.69) is 0 Å². The van der Waals surface area contributed by atoms with Crippen molar-refractivity contribution < 1.29 is 14.6 Å². The van der Waals surface area contributed by atoms with Crippen LogP contribution in [0.25, 0.3) is 16.9 Å². The number of carboxylic acid groups (broad SMARTS) is 1. The average molecular weight is 481 g/mol. The molecule has 0 aliphatic heterocycles. The molecule has 33 heavy (non-hydrogen) atoms. The third-order valence-corrected chi connectivity index (χ3v) is 6.31. The monoisotopic (exact) mass is 480 g/mol. The highest BCUT2D eigenvalue weighted by Crippen LogP contribution is 2.32. The van der Waals surface area contributed by atoms with Crippen molar-refractivity contribution in [1.29, 1.82) is 0 Å². The van der Waals surface area contributed by atoms with Crippen molar-refractivity contribution in [3.8, 4) is 22.7 Å². The lowest BCUT2D eigenvalue weighted by atomic mass is 9.91. The third kappa shape index (κ3) is 4.90. The Morgan fingerprint density at radius 1 is 1.03 bits per heavy atom. The van der Waals surface area contributed by atoms with Gasteiger partial charge in [0.15, 0.2) is 0 Å². The summed E-state index contributed by atoms with van der Waals surface area (Å²) in [6.07, 6.45) is 0.248. The summed E-state index contributed by atoms with van der Waals surface area (Å²) in [6, 6.07) is 22.3. The summed E-state index contributed by atoms with van der Waals surface area (Å²) in [5.74, 6) is -0.876. The summed E-state index contributed by atoms with van der Waals surface area (Å²) in [7, 11) is 1.61. The van der Waals surface area contributed by atoms with E-state index in [1.165, 1.54) is 0 Å². The fraction of sp³-hybridized carbons (Fsp3) is 0.154. The first-order valence-electron chi connectivity index (χ1n) is 10.3. The summed E-state index contributed by atoms with van der Waals surface area (Å²) >= 11 is 12.4. The molecule has 1 unspecified atom stereocenters. The quantitative estimate of drug-likeness (QED) is 0.324. The highest BCUT2D eigenvalue weighted by atomic mass is 35.5. The van der Waals surface area contributed by atoms with Gasteiger partial charge in [-0.25, -0.2) is 4.68 Å². The number of benzene rings is 3. The zero-order chi connectivity index (χ0) is 23.5. The van der Waals surface area contributed by atoms with Crippen molar-refractivity contribution in [2.45, 2.75) is 19.3 Å². The second kappa shape index (κ2) is 9.69. The Balaban J connectivity index is 1.80. The molecule has 0 saturated carbocycles. The van der Waals surface area contributed by atoms with E-state index in [1.807, 2.05) is 67.6 Å². The number of aryl methyl sites for hydroxylation is 1. The number of nitrogens with zero attached hydrogens (tertiary/aromatic N) is 2. The molecule has 0 aliphatic rings. The lowest BCUT2D eigenvalue weighted by Gasteiger charge is -2.14. The predicted molar refractivity (Wildman–Crippen MR) is 131 cm³/mol. The van der Waals surface area contributed by atoms with Crippen molar-refractivity contribution in [3.05, 3.63) is 99.7 Å². The van der Waals surface area contributed by atoms with Gasteiger partial charge in [0.05, 0.1) is 40.1 Å². The maximum atomic E-state index is 12.2. The molecule has 4 rings (SSSR count). The van der Waals surface area contributed by atoms with Gasteiger partial charge in [0.2, 0.25) is 0 Å². The molecule has 1 heterocycles. The minimum atomic E-state index is -0.889. The first kappa shape index (κ1) is 22.9. The second-order valence-electron chi connectivity index (χ2n) is 7.71. The van der Waals surface area contributed by atoms with Gasteiger partial charge in [0, 0.05) is 12.0 Å². The number of carboxylic acids is 1. The van der Waals surface area contributed by atoms with Gasteiger partial charge < -0.3 is 9.84 Å². The number of aliphatic carboxylic acids is 1. The van der Waals surface area contributed by atoms with E-state index in [1.54, 1.807) is 23.9 Å². The van der Waals surface area contributed by atoms with Gasteiger partial charge in [-0.15, -0.1) is 0 Å². The standard InChI is InChI=1S/C26H22Cl2N2O3/c1-16-5-3-4-6-21(16)22(26(31)32)14-18-15-25(17-7-12-23(27)24(28)13-17)30(29-18)19-8-10-20(33-2)11-9-19/h3-13,15,22H,14H2,1-2H3,(H,31,32). The zero-order valence-corrected chi connectivity index (χ0v) is 19.6. The summed E-state index contributed by atoms with van der Waals surface area (Å²) in [4.78, 5) is 12.2. The highest BCUT2D eigenvalue weighted by molar-refractivity contribution is 6.42. The van der Waals surface area contributed by atoms with E-state index >= 15 is 0 Å². The molecule has 0 bridgehead atoms. The maximum absolute atomic E-state index is 12.2. The highest BCUT2D eigenvalue weighted by Gasteiger charge is 2.24. The predicted octanol–water partition coefficient (Wildman–Crippen LogP) is 6.57. The first-order valence-corrected chi connectivity index (χ1v) is 11.1. The second-order valence-corrected chi connectivity index (χ2v) is 8.53. The van der Waals surface area contributed by atoms with Crippen molar-refractivity contribution in [2.75, 3.05) is 7.11 Å². The molecule has 1 aromatic heterocycles. The minimum absolute atomic E-state index is 0.248. The summed E-state index contributed by atoms with van der Waals surface area (Å²) in [5.41, 5.74) is 4.78. The molecule has 1 atom stereocenters. The van der Waals surface area contributed by atoms with Gasteiger partial charge in [-0.3, -0.25) is 4.79 Å². The van der Waals surface area contributed by atoms with E-state index < -0.39 is 11.9 Å². The first-order chi connectivity index (χ1) is 15.9. The number of methoxy groups -OCH3 is 1. The molecule has 3 aromatic carbocycles. The van der Waals surface area contributed by atoms with E-state index in [0.29, 0.717) is 15.7 Å². The summed E-state index contributed by atoms with van der Waals surface area (Å²) < 4.78 is 7.05. The van der Waals surface area contributed by atoms with Crippen LogP contribution in [0, 0.1) is 6.92 Å². The molecule has 0 fully saturated rings. The Kier molecular flexibility index (Phi) is 6.72. The Bertz CT molecular complexity index is 1300. The normalized spacial score (nSPS) is 11.9. The minimum Gasteiger partial charge on any atom is -0.497 e. The van der Waals surface area contributed by atoms with E-state index in [9.17, 15) is 9.90 Å². The molecule has 0 saturated heterocycles. The largest absolute Gasteiger partial charge is 0.497 e. The van der Waals surface area contributed by atoms with Crippen LogP contribution in [0.3, 0.4) is 0 Å². The van der Waals surface area contributed by atoms with Crippen molar-refractivity contribution in [1.82, 2.24) is 9.78 Å². The Hall–Kier alpha value is -3.28. The molecule has 4 aromatic rings. The van der Waals surface area contributed by atoms with Gasteiger partial charge in [0.25, 0.3) is 0 Å². The van der Waals surface area contributed by atoms with Crippen LogP contribution in [0.4, 0.5) is 0 Å². The summed E-state index contributed by atoms with van der Waals surface area (Å²) in [6.45, 7) is 1.92. The molecular formula is C26H22Cl2N2O3. The molecule has 168 valence electrons. The Morgan fingerprint density at radius 3 is 2.39 bits per heavy atom. The lowest BCUT2D eigenvalue weighted by molar-refractivity contribution is -0.138. The van der Waals surface area contributed by atoms with Gasteiger partial charge >= 0.3 is 5.97 Å². The number of rotatable bonds is 7. The fourth-order valence-electron chi connectivity index (χ4n) is 3.83. The van der Waals surface area contributed by atoms with Crippen LogP contribution in [0.1, 0.15) is 22.7 Å². The molecule has 0 aliphatic carbocycles. The molecule has 5 nitrogen and oxygen atoms in total. The van der Waals surface area contributed by atoms with Crippen LogP contribution in [0.15, 0.2) is 72.8 Å². The van der Waals surface area contributed by atoms with Gasteiger partial charge in [-0.05, 0) is 60.5 Å². The molecule has 0 spiro atoms. The molecule has 0 amide bonds. The number of ether oxygens (including phenoxy) is 1. The smallest absolute Gasteiger partial charge is 0.311 e.